The minimum absolute atomic E-state index is 0.199. The van der Waals surface area contributed by atoms with Gasteiger partial charge in [0.1, 0.15) is 5.82 Å². The van der Waals surface area contributed by atoms with Gasteiger partial charge in [-0.2, -0.15) is 0 Å². The van der Waals surface area contributed by atoms with E-state index in [1.165, 1.54) is 6.07 Å². The fourth-order valence-corrected chi connectivity index (χ4v) is 2.62. The molecule has 0 aliphatic heterocycles. The predicted octanol–water partition coefficient (Wildman–Crippen LogP) is 4.05. The molecule has 1 rings (SSSR count). The number of hydrogen-bond donors (Lipinski definition) is 1. The second-order valence-electron chi connectivity index (χ2n) is 5.02. The Labute approximate surface area is 108 Å². The van der Waals surface area contributed by atoms with Crippen LogP contribution >= 0.6 is 11.6 Å². The molecule has 17 heavy (non-hydrogen) atoms. The van der Waals surface area contributed by atoms with E-state index in [1.807, 2.05) is 13.1 Å². The molecule has 0 amide bonds. The second kappa shape index (κ2) is 6.36. The third-order valence-electron chi connectivity index (χ3n) is 3.07. The largest absolute Gasteiger partial charge is 0.319 e. The Kier molecular flexibility index (Phi) is 5.41. The Morgan fingerprint density at radius 2 is 2.12 bits per heavy atom. The average molecular weight is 258 g/mol. The van der Waals surface area contributed by atoms with E-state index in [0.717, 1.165) is 31.4 Å². The maximum absolute atomic E-state index is 13.1. The van der Waals surface area contributed by atoms with Crippen molar-refractivity contribution in [1.29, 1.82) is 0 Å². The van der Waals surface area contributed by atoms with Crippen molar-refractivity contribution in [3.8, 4) is 0 Å². The van der Waals surface area contributed by atoms with E-state index in [2.05, 4.69) is 19.2 Å². The summed E-state index contributed by atoms with van der Waals surface area (Å²) in [5.74, 6) is -0.346. The molecule has 1 N–H and O–H groups in total. The van der Waals surface area contributed by atoms with Crippen LogP contribution in [0.3, 0.4) is 0 Å². The zero-order chi connectivity index (χ0) is 12.9. The molecule has 0 saturated heterocycles. The van der Waals surface area contributed by atoms with Crippen LogP contribution in [0.5, 0.6) is 0 Å². The number of rotatable bonds is 6. The van der Waals surface area contributed by atoms with E-state index in [1.54, 1.807) is 6.07 Å². The van der Waals surface area contributed by atoms with Crippen molar-refractivity contribution in [2.24, 2.45) is 5.41 Å². The van der Waals surface area contributed by atoms with E-state index in [9.17, 15) is 4.39 Å². The molecular weight excluding hydrogens is 237 g/mol. The minimum atomic E-state index is -0.346. The van der Waals surface area contributed by atoms with E-state index >= 15 is 0 Å². The van der Waals surface area contributed by atoms with Crippen LogP contribution in [-0.2, 0) is 6.42 Å². The van der Waals surface area contributed by atoms with Crippen LogP contribution in [0.15, 0.2) is 18.2 Å². The third kappa shape index (κ3) is 4.29. The molecule has 0 saturated carbocycles. The molecule has 0 bridgehead atoms. The van der Waals surface area contributed by atoms with E-state index in [0.29, 0.717) is 0 Å². The molecule has 3 heteroatoms. The number of nitrogens with one attached hydrogen (secondary N) is 1. The minimum Gasteiger partial charge on any atom is -0.319 e. The van der Waals surface area contributed by atoms with E-state index in [4.69, 9.17) is 11.6 Å². The summed E-state index contributed by atoms with van der Waals surface area (Å²) in [7, 11) is 1.96. The molecule has 1 aromatic carbocycles. The Morgan fingerprint density at radius 1 is 1.41 bits per heavy atom. The summed E-state index contributed by atoms with van der Waals surface area (Å²) in [4.78, 5) is 0. The molecule has 1 aromatic rings. The summed E-state index contributed by atoms with van der Waals surface area (Å²) < 4.78 is 13.1. The molecule has 0 aliphatic rings. The zero-order valence-corrected chi connectivity index (χ0v) is 11.6. The van der Waals surface area contributed by atoms with Gasteiger partial charge in [-0.25, -0.2) is 4.39 Å². The van der Waals surface area contributed by atoms with Crippen molar-refractivity contribution in [1.82, 2.24) is 5.32 Å². The van der Waals surface area contributed by atoms with Gasteiger partial charge in [-0.05, 0) is 43.0 Å². The highest BCUT2D eigenvalue weighted by Crippen LogP contribution is 2.29. The summed E-state index contributed by atoms with van der Waals surface area (Å²) in [6, 6.07) is 5.01. The quantitative estimate of drug-likeness (QED) is 0.811. The Balaban J connectivity index is 2.81. The fourth-order valence-electron chi connectivity index (χ4n) is 2.41. The molecule has 1 nitrogen and oxygen atoms in total. The fraction of sp³-hybridized carbons (Fsp3) is 0.571. The van der Waals surface area contributed by atoms with E-state index < -0.39 is 0 Å². The SMILES string of the molecule is CCCC(C)(CNC)Cc1ccc(F)c(Cl)c1. The first-order chi connectivity index (χ1) is 8.00. The Hall–Kier alpha value is -0.600. The Bertz CT molecular complexity index is 359. The summed E-state index contributed by atoms with van der Waals surface area (Å²) in [5, 5.41) is 3.45. The lowest BCUT2D eigenvalue weighted by molar-refractivity contribution is 0.283. The molecule has 1 atom stereocenters. The van der Waals surface area contributed by atoms with Crippen molar-refractivity contribution in [2.45, 2.75) is 33.1 Å². The molecule has 96 valence electrons. The van der Waals surface area contributed by atoms with Gasteiger partial charge in [0.2, 0.25) is 0 Å². The topological polar surface area (TPSA) is 12.0 Å². The van der Waals surface area contributed by atoms with Crippen LogP contribution < -0.4 is 5.32 Å². The second-order valence-corrected chi connectivity index (χ2v) is 5.42. The molecule has 0 aliphatic carbocycles. The lowest BCUT2D eigenvalue weighted by Crippen LogP contribution is -2.31. The standard InChI is InChI=1S/C14H21ClFN/c1-4-7-14(2,10-17-3)9-11-5-6-13(16)12(15)8-11/h5-6,8,17H,4,7,9-10H2,1-3H3. The van der Waals surface area contributed by atoms with Crippen LogP contribution in [0, 0.1) is 11.2 Å². The monoisotopic (exact) mass is 257 g/mol. The maximum Gasteiger partial charge on any atom is 0.141 e. The first-order valence-corrected chi connectivity index (χ1v) is 6.47. The highest BCUT2D eigenvalue weighted by atomic mass is 35.5. The average Bonchev–Trinajstić information content (AvgIpc) is 2.24. The van der Waals surface area contributed by atoms with Crippen molar-refractivity contribution in [2.75, 3.05) is 13.6 Å². The van der Waals surface area contributed by atoms with Crippen LogP contribution in [0.4, 0.5) is 4.39 Å². The smallest absolute Gasteiger partial charge is 0.141 e. The van der Waals surface area contributed by atoms with Gasteiger partial charge < -0.3 is 5.32 Å². The molecule has 0 fully saturated rings. The predicted molar refractivity (Wildman–Crippen MR) is 72.1 cm³/mol. The van der Waals surface area contributed by atoms with Gasteiger partial charge in [-0.1, -0.05) is 37.9 Å². The highest BCUT2D eigenvalue weighted by Gasteiger charge is 2.23. The van der Waals surface area contributed by atoms with Crippen LogP contribution in [0.25, 0.3) is 0 Å². The summed E-state index contributed by atoms with van der Waals surface area (Å²) in [6.45, 7) is 5.39. The first-order valence-electron chi connectivity index (χ1n) is 6.09. The van der Waals surface area contributed by atoms with Crippen LogP contribution in [-0.4, -0.2) is 13.6 Å². The van der Waals surface area contributed by atoms with E-state index in [-0.39, 0.29) is 16.3 Å². The van der Waals surface area contributed by atoms with Gasteiger partial charge in [0.15, 0.2) is 0 Å². The summed E-state index contributed by atoms with van der Waals surface area (Å²) >= 11 is 5.81. The molecule has 0 spiro atoms. The molecule has 0 radical (unpaired) electrons. The highest BCUT2D eigenvalue weighted by molar-refractivity contribution is 6.30. The first kappa shape index (κ1) is 14.5. The van der Waals surface area contributed by atoms with Crippen molar-refractivity contribution >= 4 is 11.6 Å². The summed E-state index contributed by atoms with van der Waals surface area (Å²) in [6.07, 6.45) is 3.21. The molecule has 0 heterocycles. The number of hydrogen-bond acceptors (Lipinski definition) is 1. The third-order valence-corrected chi connectivity index (χ3v) is 3.36. The van der Waals surface area contributed by atoms with Gasteiger partial charge in [0, 0.05) is 6.54 Å². The lowest BCUT2D eigenvalue weighted by atomic mass is 9.79. The maximum atomic E-state index is 13.1. The normalized spacial score (nSPS) is 14.6. The Morgan fingerprint density at radius 3 is 2.65 bits per heavy atom. The van der Waals surface area contributed by atoms with Gasteiger partial charge in [0.25, 0.3) is 0 Å². The number of benzene rings is 1. The van der Waals surface area contributed by atoms with Crippen LogP contribution in [0.1, 0.15) is 32.3 Å². The summed E-state index contributed by atoms with van der Waals surface area (Å²) in [5.41, 5.74) is 1.30. The number of halogens is 2. The molecule has 0 aromatic heterocycles. The molecular formula is C14H21ClFN. The van der Waals surface area contributed by atoms with Gasteiger partial charge >= 0.3 is 0 Å². The van der Waals surface area contributed by atoms with Crippen molar-refractivity contribution < 1.29 is 4.39 Å². The van der Waals surface area contributed by atoms with Crippen molar-refractivity contribution in [3.63, 3.8) is 0 Å². The van der Waals surface area contributed by atoms with Gasteiger partial charge in [-0.15, -0.1) is 0 Å². The molecule has 1 unspecified atom stereocenters. The zero-order valence-electron chi connectivity index (χ0n) is 10.8. The van der Waals surface area contributed by atoms with Gasteiger partial charge in [-0.3, -0.25) is 0 Å². The van der Waals surface area contributed by atoms with Crippen molar-refractivity contribution in [3.05, 3.63) is 34.6 Å². The van der Waals surface area contributed by atoms with Crippen LogP contribution in [0.2, 0.25) is 5.02 Å². The van der Waals surface area contributed by atoms with Gasteiger partial charge in [0.05, 0.1) is 5.02 Å². The lowest BCUT2D eigenvalue weighted by Gasteiger charge is -2.29.